The molecule has 1 atom stereocenters. The van der Waals surface area contributed by atoms with Crippen molar-refractivity contribution in [3.63, 3.8) is 0 Å². The fourth-order valence-corrected chi connectivity index (χ4v) is 2.40. The summed E-state index contributed by atoms with van der Waals surface area (Å²) in [5.41, 5.74) is 0. The lowest BCUT2D eigenvalue weighted by atomic mass is 9.76. The summed E-state index contributed by atoms with van der Waals surface area (Å²) < 4.78 is 0. The van der Waals surface area contributed by atoms with Crippen molar-refractivity contribution in [3.05, 3.63) is 0 Å². The Hall–Kier alpha value is -0.0400. The predicted octanol–water partition coefficient (Wildman–Crippen LogP) is 2.17. The molecule has 2 rings (SSSR count). The fourth-order valence-electron chi connectivity index (χ4n) is 2.40. The smallest absolute Gasteiger partial charge is 0.0107 e. The van der Waals surface area contributed by atoms with Gasteiger partial charge in [-0.2, -0.15) is 0 Å². The SMILES string of the molecule is CC1CCC(C2CCN2)CC1. The Morgan fingerprint density at radius 3 is 2.09 bits per heavy atom. The maximum Gasteiger partial charge on any atom is 0.0107 e. The summed E-state index contributed by atoms with van der Waals surface area (Å²) in [6.07, 6.45) is 7.36. The van der Waals surface area contributed by atoms with Gasteiger partial charge in [0, 0.05) is 6.04 Å². The molecule has 64 valence electrons. The van der Waals surface area contributed by atoms with E-state index in [0.29, 0.717) is 0 Å². The van der Waals surface area contributed by atoms with E-state index in [2.05, 4.69) is 12.2 Å². The average molecular weight is 153 g/mol. The Bertz CT molecular complexity index is 121. The Kier molecular flexibility index (Phi) is 2.17. The van der Waals surface area contributed by atoms with Gasteiger partial charge in [-0.25, -0.2) is 0 Å². The van der Waals surface area contributed by atoms with Crippen LogP contribution >= 0.6 is 0 Å². The van der Waals surface area contributed by atoms with Crippen LogP contribution in [0.5, 0.6) is 0 Å². The molecule has 1 saturated heterocycles. The molecular weight excluding hydrogens is 134 g/mol. The van der Waals surface area contributed by atoms with Gasteiger partial charge >= 0.3 is 0 Å². The number of hydrogen-bond acceptors (Lipinski definition) is 1. The molecule has 1 aliphatic heterocycles. The van der Waals surface area contributed by atoms with Crippen LogP contribution in [0.4, 0.5) is 0 Å². The van der Waals surface area contributed by atoms with Crippen LogP contribution in [0.3, 0.4) is 0 Å². The Balaban J connectivity index is 1.77. The van der Waals surface area contributed by atoms with Crippen LogP contribution in [0, 0.1) is 11.8 Å². The maximum absolute atomic E-state index is 3.53. The first kappa shape index (κ1) is 7.60. The highest BCUT2D eigenvalue weighted by atomic mass is 15.0. The van der Waals surface area contributed by atoms with Gasteiger partial charge in [-0.1, -0.05) is 19.8 Å². The average Bonchev–Trinajstić information content (AvgIpc) is 1.90. The van der Waals surface area contributed by atoms with Crippen LogP contribution in [0.2, 0.25) is 0 Å². The zero-order chi connectivity index (χ0) is 7.68. The van der Waals surface area contributed by atoms with Crippen molar-refractivity contribution in [2.24, 2.45) is 11.8 Å². The number of nitrogens with one attached hydrogen (secondary N) is 1. The second kappa shape index (κ2) is 3.14. The van der Waals surface area contributed by atoms with Crippen LogP contribution in [-0.2, 0) is 0 Å². The van der Waals surface area contributed by atoms with Gasteiger partial charge in [0.25, 0.3) is 0 Å². The topological polar surface area (TPSA) is 12.0 Å². The molecule has 2 aliphatic rings. The lowest BCUT2D eigenvalue weighted by molar-refractivity contribution is 0.183. The Labute approximate surface area is 69.6 Å². The minimum Gasteiger partial charge on any atom is -0.314 e. The highest BCUT2D eigenvalue weighted by Crippen LogP contribution is 2.32. The highest BCUT2D eigenvalue weighted by molar-refractivity contribution is 4.86. The Morgan fingerprint density at radius 1 is 1.00 bits per heavy atom. The Morgan fingerprint density at radius 2 is 1.64 bits per heavy atom. The second-order valence-electron chi connectivity index (χ2n) is 4.37. The van der Waals surface area contributed by atoms with E-state index in [-0.39, 0.29) is 0 Å². The van der Waals surface area contributed by atoms with Gasteiger partial charge in [0.05, 0.1) is 0 Å². The van der Waals surface area contributed by atoms with Crippen molar-refractivity contribution in [2.75, 3.05) is 6.54 Å². The van der Waals surface area contributed by atoms with Gasteiger partial charge in [0.2, 0.25) is 0 Å². The van der Waals surface area contributed by atoms with Crippen molar-refractivity contribution >= 4 is 0 Å². The van der Waals surface area contributed by atoms with Crippen molar-refractivity contribution in [3.8, 4) is 0 Å². The van der Waals surface area contributed by atoms with Gasteiger partial charge in [-0.15, -0.1) is 0 Å². The highest BCUT2D eigenvalue weighted by Gasteiger charge is 2.29. The van der Waals surface area contributed by atoms with Gasteiger partial charge in [-0.05, 0) is 37.6 Å². The van der Waals surface area contributed by atoms with E-state index in [9.17, 15) is 0 Å². The van der Waals surface area contributed by atoms with Gasteiger partial charge in [-0.3, -0.25) is 0 Å². The molecule has 0 bridgehead atoms. The maximum atomic E-state index is 3.53. The zero-order valence-electron chi connectivity index (χ0n) is 7.47. The quantitative estimate of drug-likeness (QED) is 0.609. The molecule has 2 fully saturated rings. The molecule has 0 radical (unpaired) electrons. The van der Waals surface area contributed by atoms with Crippen LogP contribution in [0.15, 0.2) is 0 Å². The van der Waals surface area contributed by atoms with Crippen LogP contribution < -0.4 is 5.32 Å². The van der Waals surface area contributed by atoms with Crippen LogP contribution in [-0.4, -0.2) is 12.6 Å². The molecule has 1 saturated carbocycles. The summed E-state index contributed by atoms with van der Waals surface area (Å²) in [6.45, 7) is 3.67. The first-order valence-corrected chi connectivity index (χ1v) is 5.09. The minimum atomic E-state index is 0.905. The molecule has 1 N–H and O–H groups in total. The summed E-state index contributed by atoms with van der Waals surface area (Å²) >= 11 is 0. The second-order valence-corrected chi connectivity index (χ2v) is 4.37. The molecule has 1 nitrogen and oxygen atoms in total. The summed E-state index contributed by atoms with van der Waals surface area (Å²) in [5.74, 6) is 2.03. The van der Waals surface area contributed by atoms with Crippen molar-refractivity contribution < 1.29 is 0 Å². The molecule has 0 spiro atoms. The lowest BCUT2D eigenvalue weighted by Crippen LogP contribution is -2.48. The van der Waals surface area contributed by atoms with Gasteiger partial charge < -0.3 is 5.32 Å². The van der Waals surface area contributed by atoms with E-state index < -0.39 is 0 Å². The summed E-state index contributed by atoms with van der Waals surface area (Å²) in [4.78, 5) is 0. The largest absolute Gasteiger partial charge is 0.314 e. The molecule has 1 heterocycles. The first-order valence-electron chi connectivity index (χ1n) is 5.09. The normalized spacial score (nSPS) is 45.0. The summed E-state index contributed by atoms with van der Waals surface area (Å²) in [6, 6.07) is 0.905. The van der Waals surface area contributed by atoms with E-state index in [4.69, 9.17) is 0 Å². The van der Waals surface area contributed by atoms with E-state index in [0.717, 1.165) is 17.9 Å². The number of hydrogen-bond donors (Lipinski definition) is 1. The third-order valence-electron chi connectivity index (χ3n) is 3.49. The predicted molar refractivity (Wildman–Crippen MR) is 47.5 cm³/mol. The van der Waals surface area contributed by atoms with E-state index >= 15 is 0 Å². The van der Waals surface area contributed by atoms with Gasteiger partial charge in [0.15, 0.2) is 0 Å². The summed E-state index contributed by atoms with van der Waals surface area (Å²) in [7, 11) is 0. The standard InChI is InChI=1S/C10H19N/c1-8-2-4-9(5-3-8)10-6-7-11-10/h8-11H,2-7H2,1H3. The molecule has 1 heteroatoms. The first-order chi connectivity index (χ1) is 5.36. The third-order valence-corrected chi connectivity index (χ3v) is 3.49. The molecule has 0 aromatic carbocycles. The van der Waals surface area contributed by atoms with Crippen molar-refractivity contribution in [1.29, 1.82) is 0 Å². The molecule has 11 heavy (non-hydrogen) atoms. The fraction of sp³-hybridized carbons (Fsp3) is 1.00. The van der Waals surface area contributed by atoms with E-state index in [1.807, 2.05) is 0 Å². The molecule has 0 aromatic rings. The minimum absolute atomic E-state index is 0.905. The zero-order valence-corrected chi connectivity index (χ0v) is 7.47. The monoisotopic (exact) mass is 153 g/mol. The number of rotatable bonds is 1. The molecular formula is C10H19N. The molecule has 1 unspecified atom stereocenters. The van der Waals surface area contributed by atoms with Crippen LogP contribution in [0.25, 0.3) is 0 Å². The molecule has 1 aliphatic carbocycles. The third kappa shape index (κ3) is 1.58. The van der Waals surface area contributed by atoms with Crippen LogP contribution in [0.1, 0.15) is 39.0 Å². The molecule has 0 aromatic heterocycles. The van der Waals surface area contributed by atoms with Gasteiger partial charge in [0.1, 0.15) is 0 Å². The van der Waals surface area contributed by atoms with Crippen molar-refractivity contribution in [1.82, 2.24) is 5.32 Å². The summed E-state index contributed by atoms with van der Waals surface area (Å²) in [5, 5.41) is 3.53. The van der Waals surface area contributed by atoms with E-state index in [1.165, 1.54) is 38.6 Å². The van der Waals surface area contributed by atoms with E-state index in [1.54, 1.807) is 0 Å². The lowest BCUT2D eigenvalue weighted by Gasteiger charge is -2.38. The van der Waals surface area contributed by atoms with Crippen molar-refractivity contribution in [2.45, 2.75) is 45.1 Å². The molecule has 0 amide bonds.